The predicted molar refractivity (Wildman–Crippen MR) is 134 cm³/mol. The van der Waals surface area contributed by atoms with Crippen molar-refractivity contribution in [1.29, 1.82) is 0 Å². The fraction of sp³-hybridized carbons (Fsp3) is 0.292. The lowest BCUT2D eigenvalue weighted by Gasteiger charge is -2.33. The first-order valence-electron chi connectivity index (χ1n) is 11.2. The van der Waals surface area contributed by atoms with Gasteiger partial charge in [0.15, 0.2) is 8.96 Å². The van der Waals surface area contributed by atoms with Crippen LogP contribution in [0.5, 0.6) is 5.75 Å². The maximum absolute atomic E-state index is 13.7. The van der Waals surface area contributed by atoms with Crippen LogP contribution in [0.3, 0.4) is 0 Å². The minimum absolute atomic E-state index is 0.251. The Kier molecular flexibility index (Phi) is 7.57. The molecule has 0 saturated heterocycles. The number of halogens is 3. The van der Waals surface area contributed by atoms with Gasteiger partial charge < -0.3 is 15.0 Å². The molecule has 2 heterocycles. The normalized spacial score (nSPS) is 15.4. The predicted octanol–water partition coefficient (Wildman–Crippen LogP) is 4.12. The van der Waals surface area contributed by atoms with Crippen LogP contribution in [0.25, 0.3) is 0 Å². The maximum Gasteiger partial charge on any atom is 0.511 e. The van der Waals surface area contributed by atoms with E-state index in [9.17, 15) is 21.6 Å². The number of aryl methyl sites for hydroxylation is 1. The fourth-order valence-electron chi connectivity index (χ4n) is 4.25. The zero-order chi connectivity index (χ0) is 25.9. The molecule has 7 nitrogen and oxygen atoms in total. The van der Waals surface area contributed by atoms with Gasteiger partial charge in [-0.3, -0.25) is 4.98 Å². The van der Waals surface area contributed by atoms with E-state index < -0.39 is 31.0 Å². The molecule has 3 aromatic rings. The first-order chi connectivity index (χ1) is 17.1. The third kappa shape index (κ3) is 5.50. The second-order valence-electron chi connectivity index (χ2n) is 8.40. The van der Waals surface area contributed by atoms with Crippen LogP contribution in [0.15, 0.2) is 66.9 Å². The van der Waals surface area contributed by atoms with Crippen molar-refractivity contribution in [2.45, 2.75) is 31.1 Å². The Bertz CT molecular complexity index is 1310. The van der Waals surface area contributed by atoms with Crippen molar-refractivity contribution in [3.05, 3.63) is 83.7 Å². The highest BCUT2D eigenvalue weighted by molar-refractivity contribution is 7.90. The molecule has 36 heavy (non-hydrogen) atoms. The Balaban J connectivity index is 1.82. The SMILES string of the molecule is COc1cccc2c1CN(S(=O)(=O)C(F)(F)F)C[Si](CCc1ccccc1)N2Cc1cc(N)ccn1. The first-order valence-corrected chi connectivity index (χ1v) is 14.5. The summed E-state index contributed by atoms with van der Waals surface area (Å²) < 4.78 is 74.3. The van der Waals surface area contributed by atoms with E-state index in [1.165, 1.54) is 7.11 Å². The zero-order valence-corrected chi connectivity index (χ0v) is 21.4. The average Bonchev–Trinajstić information content (AvgIpc) is 3.00. The van der Waals surface area contributed by atoms with Crippen molar-refractivity contribution in [2.75, 3.05) is 23.6 Å². The number of methoxy groups -OCH3 is 1. The molecule has 2 N–H and O–H groups in total. The second kappa shape index (κ2) is 10.5. The quantitative estimate of drug-likeness (QED) is 0.458. The Labute approximate surface area is 210 Å². The summed E-state index contributed by atoms with van der Waals surface area (Å²) in [5.74, 6) is 0.326. The summed E-state index contributed by atoms with van der Waals surface area (Å²) in [4.78, 5) is 4.39. The number of sulfonamides is 1. The van der Waals surface area contributed by atoms with E-state index in [2.05, 4.69) is 4.98 Å². The van der Waals surface area contributed by atoms with Crippen molar-refractivity contribution in [3.8, 4) is 5.75 Å². The molecule has 1 aliphatic heterocycles. The van der Waals surface area contributed by atoms with E-state index in [1.54, 1.807) is 36.5 Å². The lowest BCUT2D eigenvalue weighted by atomic mass is 10.1. The molecule has 0 bridgehead atoms. The van der Waals surface area contributed by atoms with Crippen molar-refractivity contribution >= 4 is 30.4 Å². The standard InChI is InChI=1S/C24H26F3N4O3SSi/c1-34-23-9-5-8-22-21(23)16-30(35(32,33)24(25,26)27)17-36(13-11-18-6-3-2-4-7-18)31(22)15-20-14-19(28)10-12-29-20/h2-10,12,14H,11,13,15-17H2,1H3,(H2,28,29). The van der Waals surface area contributed by atoms with Crippen LogP contribution in [0.4, 0.5) is 24.5 Å². The third-order valence-electron chi connectivity index (χ3n) is 6.03. The van der Waals surface area contributed by atoms with E-state index in [1.807, 2.05) is 34.9 Å². The van der Waals surface area contributed by atoms with E-state index in [4.69, 9.17) is 10.5 Å². The number of nitrogens with zero attached hydrogens (tertiary/aromatic N) is 3. The van der Waals surface area contributed by atoms with Crippen LogP contribution >= 0.6 is 0 Å². The van der Waals surface area contributed by atoms with Crippen LogP contribution in [-0.4, -0.2) is 45.5 Å². The molecule has 1 aliphatic rings. The second-order valence-corrected chi connectivity index (χ2v) is 12.8. The largest absolute Gasteiger partial charge is 0.511 e. The molecule has 191 valence electrons. The molecule has 0 fully saturated rings. The molecule has 1 radical (unpaired) electrons. The average molecular weight is 536 g/mol. The number of alkyl halides is 3. The van der Waals surface area contributed by atoms with Gasteiger partial charge in [-0.25, -0.2) is 8.42 Å². The number of nitrogens with two attached hydrogens (primary N) is 1. The zero-order valence-electron chi connectivity index (χ0n) is 19.6. The molecule has 0 aliphatic carbocycles. The Morgan fingerprint density at radius 2 is 1.86 bits per heavy atom. The van der Waals surface area contributed by atoms with Gasteiger partial charge in [0.25, 0.3) is 0 Å². The summed E-state index contributed by atoms with van der Waals surface area (Å²) in [6.45, 7) is -0.171. The van der Waals surface area contributed by atoms with Crippen LogP contribution in [0.1, 0.15) is 16.8 Å². The first kappa shape index (κ1) is 26.0. The van der Waals surface area contributed by atoms with E-state index in [0.717, 1.165) is 5.56 Å². The highest BCUT2D eigenvalue weighted by Gasteiger charge is 2.51. The molecule has 0 unspecified atom stereocenters. The van der Waals surface area contributed by atoms with Gasteiger partial charge in [0.1, 0.15) is 5.75 Å². The molecule has 2 aromatic carbocycles. The van der Waals surface area contributed by atoms with E-state index in [-0.39, 0.29) is 12.7 Å². The number of ether oxygens (including phenoxy) is 1. The number of benzene rings is 2. The molecule has 0 saturated carbocycles. The number of rotatable bonds is 7. The monoisotopic (exact) mass is 535 g/mol. The molecule has 1 aromatic heterocycles. The van der Waals surface area contributed by atoms with Crippen LogP contribution in [-0.2, 0) is 29.5 Å². The molecular formula is C24H26F3N4O3SSi. The fourth-order valence-corrected chi connectivity index (χ4v) is 8.60. The minimum Gasteiger partial charge on any atom is -0.496 e. The Hall–Kier alpha value is -3.09. The Morgan fingerprint density at radius 1 is 1.11 bits per heavy atom. The molecule has 4 rings (SSSR count). The van der Waals surface area contributed by atoms with Crippen molar-refractivity contribution in [2.24, 2.45) is 0 Å². The van der Waals surface area contributed by atoms with Crippen LogP contribution in [0, 0.1) is 0 Å². The molecule has 0 spiro atoms. The van der Waals surface area contributed by atoms with Gasteiger partial charge >= 0.3 is 15.5 Å². The lowest BCUT2D eigenvalue weighted by Crippen LogP contribution is -2.50. The third-order valence-corrected chi connectivity index (χ3v) is 10.5. The number of hydrogen-bond donors (Lipinski definition) is 1. The number of hydrogen-bond acceptors (Lipinski definition) is 6. The summed E-state index contributed by atoms with van der Waals surface area (Å²) in [5, 5.41) is 0. The molecular weight excluding hydrogens is 509 g/mol. The van der Waals surface area contributed by atoms with E-state index in [0.29, 0.717) is 45.2 Å². The maximum atomic E-state index is 13.7. The number of fused-ring (bicyclic) bond motifs is 1. The highest BCUT2D eigenvalue weighted by Crippen LogP contribution is 2.38. The van der Waals surface area contributed by atoms with Gasteiger partial charge in [0.05, 0.1) is 19.3 Å². The van der Waals surface area contributed by atoms with Gasteiger partial charge in [0.2, 0.25) is 0 Å². The van der Waals surface area contributed by atoms with Gasteiger partial charge in [0, 0.05) is 35.8 Å². The van der Waals surface area contributed by atoms with Crippen molar-refractivity contribution in [3.63, 3.8) is 0 Å². The summed E-state index contributed by atoms with van der Waals surface area (Å²) in [5.41, 5.74) is 3.74. The number of anilines is 2. The smallest absolute Gasteiger partial charge is 0.496 e. The summed E-state index contributed by atoms with van der Waals surface area (Å²) >= 11 is 0. The van der Waals surface area contributed by atoms with Gasteiger partial charge in [-0.15, -0.1) is 0 Å². The number of aromatic nitrogens is 1. The van der Waals surface area contributed by atoms with Crippen LogP contribution in [0.2, 0.25) is 6.04 Å². The molecule has 0 atom stereocenters. The van der Waals surface area contributed by atoms with Crippen molar-refractivity contribution in [1.82, 2.24) is 9.29 Å². The van der Waals surface area contributed by atoms with Gasteiger partial charge in [-0.1, -0.05) is 36.4 Å². The summed E-state index contributed by atoms with van der Waals surface area (Å²) in [7, 11) is -6.07. The Morgan fingerprint density at radius 3 is 2.53 bits per heavy atom. The number of pyridine rings is 1. The van der Waals surface area contributed by atoms with Crippen molar-refractivity contribution < 1.29 is 26.3 Å². The van der Waals surface area contributed by atoms with Gasteiger partial charge in [-0.2, -0.15) is 17.5 Å². The van der Waals surface area contributed by atoms with E-state index >= 15 is 0 Å². The lowest BCUT2D eigenvalue weighted by molar-refractivity contribution is -0.0487. The number of nitrogen functional groups attached to an aromatic ring is 1. The van der Waals surface area contributed by atoms with Gasteiger partial charge in [-0.05, 0) is 42.3 Å². The molecule has 0 amide bonds. The minimum atomic E-state index is -5.57. The highest BCUT2D eigenvalue weighted by atomic mass is 32.2. The topological polar surface area (TPSA) is 88.8 Å². The molecule has 12 heteroatoms. The summed E-state index contributed by atoms with van der Waals surface area (Å²) in [6.07, 6.45) is 1.92. The summed E-state index contributed by atoms with van der Waals surface area (Å²) in [6, 6.07) is 18.6. The van der Waals surface area contributed by atoms with Crippen LogP contribution < -0.4 is 15.0 Å².